The summed E-state index contributed by atoms with van der Waals surface area (Å²) in [5.41, 5.74) is -0.623. The third-order valence-electron chi connectivity index (χ3n) is 6.05. The number of hydrogen-bond donors (Lipinski definition) is 0. The number of hydrogen-bond acceptors (Lipinski definition) is 8. The minimum Gasteiger partial charge on any atom is -0.497 e. The van der Waals surface area contributed by atoms with Crippen LogP contribution in [0.4, 0.5) is 0 Å². The Hall–Kier alpha value is -5.24. The summed E-state index contributed by atoms with van der Waals surface area (Å²) >= 11 is 0. The molecule has 0 spiro atoms. The molecule has 0 saturated heterocycles. The van der Waals surface area contributed by atoms with Crippen LogP contribution >= 0.6 is 0 Å². The molecule has 1 aliphatic rings. The average Bonchev–Trinajstić information content (AvgIpc) is 3.31. The van der Waals surface area contributed by atoms with E-state index < -0.39 is 23.4 Å². The van der Waals surface area contributed by atoms with Gasteiger partial charge in [-0.05, 0) is 66.2 Å². The maximum Gasteiger partial charge on any atom is 0.353 e. The van der Waals surface area contributed by atoms with Crippen LogP contribution < -0.4 is 14.2 Å². The standard InChI is InChI=1S/C31H23NO7/c1-36-24-18-16-22(17-19-24)27-32-31(30(35)39-27,29(34)38-26-10-6-3-7-11-26)20-21-12-14-23(15-13-21)28(33)37-25-8-4-2-5-9-25/h2-19H,20H2,1H3. The highest BCUT2D eigenvalue weighted by Gasteiger charge is 2.54. The molecule has 194 valence electrons. The summed E-state index contributed by atoms with van der Waals surface area (Å²) in [6, 6.07) is 30.2. The molecule has 0 saturated carbocycles. The SMILES string of the molecule is COc1ccc(C2=NC(Cc3ccc(C(=O)Oc4ccccc4)cc3)(C(=O)Oc3ccccc3)C(=O)O2)cc1. The van der Waals surface area contributed by atoms with E-state index in [-0.39, 0.29) is 18.1 Å². The van der Waals surface area contributed by atoms with Gasteiger partial charge >= 0.3 is 17.9 Å². The summed E-state index contributed by atoms with van der Waals surface area (Å²) in [5.74, 6) is -0.979. The number of nitrogens with zero attached hydrogens (tertiary/aromatic N) is 1. The van der Waals surface area contributed by atoms with Gasteiger partial charge in [-0.25, -0.2) is 19.4 Å². The number of carbonyl (C=O) groups excluding carboxylic acids is 3. The summed E-state index contributed by atoms with van der Waals surface area (Å²) in [4.78, 5) is 43.8. The number of para-hydroxylation sites is 2. The minimum atomic E-state index is -1.99. The van der Waals surface area contributed by atoms with Gasteiger partial charge in [0.1, 0.15) is 17.2 Å². The zero-order valence-electron chi connectivity index (χ0n) is 20.9. The normalized spacial score (nSPS) is 16.1. The lowest BCUT2D eigenvalue weighted by Gasteiger charge is -2.20. The fraction of sp³-hybridized carbons (Fsp3) is 0.0968. The van der Waals surface area contributed by atoms with Gasteiger partial charge in [0, 0.05) is 12.0 Å². The molecular weight excluding hydrogens is 498 g/mol. The Morgan fingerprint density at radius 3 is 1.92 bits per heavy atom. The lowest BCUT2D eigenvalue weighted by atomic mass is 9.91. The fourth-order valence-electron chi connectivity index (χ4n) is 3.97. The summed E-state index contributed by atoms with van der Waals surface area (Å²) in [7, 11) is 1.54. The second kappa shape index (κ2) is 11.0. The van der Waals surface area contributed by atoms with E-state index in [1.54, 1.807) is 110 Å². The molecule has 1 heterocycles. The molecular formula is C31H23NO7. The molecule has 0 amide bonds. The molecule has 4 aromatic carbocycles. The van der Waals surface area contributed by atoms with Crippen LogP contribution in [0.5, 0.6) is 17.2 Å². The highest BCUT2D eigenvalue weighted by molar-refractivity contribution is 6.17. The van der Waals surface area contributed by atoms with Crippen LogP contribution in [-0.2, 0) is 20.7 Å². The van der Waals surface area contributed by atoms with Crippen LogP contribution in [0.3, 0.4) is 0 Å². The maximum absolute atomic E-state index is 13.5. The van der Waals surface area contributed by atoms with Crippen LogP contribution in [0.1, 0.15) is 21.5 Å². The number of carbonyl (C=O) groups is 3. The Bertz CT molecular complexity index is 1520. The Labute approximate surface area is 224 Å². The molecule has 8 heteroatoms. The third kappa shape index (κ3) is 5.55. The molecule has 1 unspecified atom stereocenters. The molecule has 0 aromatic heterocycles. The number of benzene rings is 4. The van der Waals surface area contributed by atoms with Gasteiger partial charge in [0.05, 0.1) is 12.7 Å². The van der Waals surface area contributed by atoms with Crippen LogP contribution in [0.25, 0.3) is 0 Å². The van der Waals surface area contributed by atoms with Crippen molar-refractivity contribution in [2.75, 3.05) is 7.11 Å². The topological polar surface area (TPSA) is 100 Å². The molecule has 4 aromatic rings. The molecule has 0 bridgehead atoms. The van der Waals surface area contributed by atoms with Crippen molar-refractivity contribution in [3.63, 3.8) is 0 Å². The van der Waals surface area contributed by atoms with Gasteiger partial charge in [-0.1, -0.05) is 48.5 Å². The smallest absolute Gasteiger partial charge is 0.353 e. The van der Waals surface area contributed by atoms with E-state index in [4.69, 9.17) is 18.9 Å². The van der Waals surface area contributed by atoms with E-state index in [9.17, 15) is 14.4 Å². The maximum atomic E-state index is 13.5. The highest BCUT2D eigenvalue weighted by Crippen LogP contribution is 2.31. The van der Waals surface area contributed by atoms with E-state index in [1.165, 1.54) is 0 Å². The first kappa shape index (κ1) is 25.4. The molecule has 0 fully saturated rings. The largest absolute Gasteiger partial charge is 0.497 e. The lowest BCUT2D eigenvalue weighted by Crippen LogP contribution is -2.47. The Morgan fingerprint density at radius 1 is 0.744 bits per heavy atom. The second-order valence-corrected chi connectivity index (χ2v) is 8.67. The predicted molar refractivity (Wildman–Crippen MR) is 142 cm³/mol. The molecule has 39 heavy (non-hydrogen) atoms. The van der Waals surface area contributed by atoms with Gasteiger partial charge in [0.15, 0.2) is 0 Å². The summed E-state index contributed by atoms with van der Waals surface area (Å²) < 4.78 is 21.6. The fourth-order valence-corrected chi connectivity index (χ4v) is 3.97. The van der Waals surface area contributed by atoms with Crippen molar-refractivity contribution in [2.45, 2.75) is 12.0 Å². The van der Waals surface area contributed by atoms with Crippen molar-refractivity contribution in [2.24, 2.45) is 4.99 Å². The summed E-state index contributed by atoms with van der Waals surface area (Å²) in [6.45, 7) is 0. The molecule has 5 rings (SSSR count). The first-order valence-electron chi connectivity index (χ1n) is 12.1. The van der Waals surface area contributed by atoms with E-state index in [0.29, 0.717) is 28.2 Å². The van der Waals surface area contributed by atoms with Crippen LogP contribution in [-0.4, -0.2) is 36.5 Å². The van der Waals surface area contributed by atoms with Gasteiger partial charge < -0.3 is 18.9 Å². The average molecular weight is 522 g/mol. The molecule has 1 aliphatic heterocycles. The highest BCUT2D eigenvalue weighted by atomic mass is 16.6. The number of cyclic esters (lactones) is 1. The van der Waals surface area contributed by atoms with Gasteiger partial charge in [-0.15, -0.1) is 0 Å². The Balaban J connectivity index is 1.43. The zero-order valence-corrected chi connectivity index (χ0v) is 20.9. The quantitative estimate of drug-likeness (QED) is 0.186. The first-order chi connectivity index (χ1) is 19.0. The molecule has 1 atom stereocenters. The molecule has 0 radical (unpaired) electrons. The molecule has 0 aliphatic carbocycles. The van der Waals surface area contributed by atoms with Crippen LogP contribution in [0, 0.1) is 0 Å². The zero-order chi connectivity index (χ0) is 27.2. The van der Waals surface area contributed by atoms with Gasteiger partial charge in [-0.2, -0.15) is 0 Å². The Kier molecular flexibility index (Phi) is 7.18. The van der Waals surface area contributed by atoms with Gasteiger partial charge in [-0.3, -0.25) is 0 Å². The van der Waals surface area contributed by atoms with Crippen LogP contribution in [0.15, 0.2) is 114 Å². The van der Waals surface area contributed by atoms with Crippen molar-refractivity contribution in [1.29, 1.82) is 0 Å². The summed E-state index contributed by atoms with van der Waals surface area (Å²) in [5, 5.41) is 0. The lowest BCUT2D eigenvalue weighted by molar-refractivity contribution is -0.151. The first-order valence-corrected chi connectivity index (χ1v) is 12.1. The minimum absolute atomic E-state index is 0.00396. The van der Waals surface area contributed by atoms with Crippen molar-refractivity contribution >= 4 is 23.8 Å². The van der Waals surface area contributed by atoms with Crippen molar-refractivity contribution < 1.29 is 33.3 Å². The predicted octanol–water partition coefficient (Wildman–Crippen LogP) is 4.80. The number of aliphatic imine (C=N–C) groups is 1. The van der Waals surface area contributed by atoms with Crippen molar-refractivity contribution in [3.8, 4) is 17.2 Å². The number of ether oxygens (including phenoxy) is 4. The number of methoxy groups -OCH3 is 1. The van der Waals surface area contributed by atoms with E-state index in [0.717, 1.165) is 0 Å². The third-order valence-corrected chi connectivity index (χ3v) is 6.05. The van der Waals surface area contributed by atoms with E-state index in [1.807, 2.05) is 6.07 Å². The number of esters is 3. The Morgan fingerprint density at radius 2 is 1.33 bits per heavy atom. The van der Waals surface area contributed by atoms with Crippen molar-refractivity contribution in [3.05, 3.63) is 126 Å². The van der Waals surface area contributed by atoms with Gasteiger partial charge in [0.25, 0.3) is 5.54 Å². The monoisotopic (exact) mass is 521 g/mol. The number of rotatable bonds is 8. The van der Waals surface area contributed by atoms with Crippen LogP contribution in [0.2, 0.25) is 0 Å². The second-order valence-electron chi connectivity index (χ2n) is 8.67. The van der Waals surface area contributed by atoms with E-state index >= 15 is 0 Å². The van der Waals surface area contributed by atoms with E-state index in [2.05, 4.69) is 4.99 Å². The molecule has 8 nitrogen and oxygen atoms in total. The summed E-state index contributed by atoms with van der Waals surface area (Å²) in [6.07, 6.45) is -0.148. The van der Waals surface area contributed by atoms with Gasteiger partial charge in [0.2, 0.25) is 5.90 Å². The molecule has 0 N–H and O–H groups in total. The van der Waals surface area contributed by atoms with Crippen molar-refractivity contribution in [1.82, 2.24) is 0 Å².